The third-order valence-electron chi connectivity index (χ3n) is 6.79. The van der Waals surface area contributed by atoms with Gasteiger partial charge in [0.25, 0.3) is 5.91 Å². The number of aryl methyl sites for hydroxylation is 1. The molecule has 1 aliphatic carbocycles. The van der Waals surface area contributed by atoms with Gasteiger partial charge in [0.15, 0.2) is 11.5 Å². The van der Waals surface area contributed by atoms with Crippen LogP contribution in [0, 0.1) is 0 Å². The first-order valence-corrected chi connectivity index (χ1v) is 10.7. The van der Waals surface area contributed by atoms with Gasteiger partial charge in [-0.15, -0.1) is 0 Å². The first-order chi connectivity index (χ1) is 15.1. The summed E-state index contributed by atoms with van der Waals surface area (Å²) in [5.41, 5.74) is 3.52. The molecule has 0 aromatic heterocycles. The van der Waals surface area contributed by atoms with E-state index in [0.717, 1.165) is 48.2 Å². The molecule has 1 atom stereocenters. The molecule has 5 rings (SSSR count). The first kappa shape index (κ1) is 19.9. The number of amides is 3. The predicted molar refractivity (Wildman–Crippen MR) is 115 cm³/mol. The van der Waals surface area contributed by atoms with Crippen LogP contribution in [0.5, 0.6) is 11.5 Å². The molecule has 1 spiro atoms. The highest BCUT2D eigenvalue weighted by Gasteiger charge is 2.54. The third-order valence-corrected chi connectivity index (χ3v) is 6.79. The van der Waals surface area contributed by atoms with Crippen LogP contribution in [0.3, 0.4) is 0 Å². The van der Waals surface area contributed by atoms with E-state index in [0.29, 0.717) is 18.7 Å². The molecule has 1 saturated heterocycles. The molecular formula is C24H27N3O4. The molecule has 7 nitrogen and oxygen atoms in total. The van der Waals surface area contributed by atoms with E-state index in [2.05, 4.69) is 16.3 Å². The van der Waals surface area contributed by atoms with Gasteiger partial charge < -0.3 is 14.8 Å². The van der Waals surface area contributed by atoms with Crippen LogP contribution in [0.25, 0.3) is 0 Å². The molecule has 0 bridgehead atoms. The molecule has 0 saturated carbocycles. The smallest absolute Gasteiger partial charge is 0.326 e. The van der Waals surface area contributed by atoms with Gasteiger partial charge in [0.1, 0.15) is 5.54 Å². The number of imide groups is 1. The molecule has 2 heterocycles. The molecule has 3 amide bonds. The molecule has 2 aliphatic heterocycles. The summed E-state index contributed by atoms with van der Waals surface area (Å²) >= 11 is 0. The van der Waals surface area contributed by atoms with E-state index >= 15 is 0 Å². The fourth-order valence-electron chi connectivity index (χ4n) is 5.20. The van der Waals surface area contributed by atoms with Crippen molar-refractivity contribution < 1.29 is 19.1 Å². The lowest BCUT2D eigenvalue weighted by molar-refractivity contribution is -0.133. The summed E-state index contributed by atoms with van der Waals surface area (Å²) in [6, 6.07) is 11.7. The number of hydrogen-bond acceptors (Lipinski definition) is 5. The Balaban J connectivity index is 1.37. The van der Waals surface area contributed by atoms with E-state index < -0.39 is 5.54 Å². The zero-order valence-electron chi connectivity index (χ0n) is 17.9. The van der Waals surface area contributed by atoms with E-state index in [1.165, 1.54) is 10.5 Å². The fourth-order valence-corrected chi connectivity index (χ4v) is 5.20. The van der Waals surface area contributed by atoms with Gasteiger partial charge in [-0.25, -0.2) is 9.69 Å². The standard InChI is InChI=1S/C24H27N3O4/c1-30-20-12-17-9-11-26(14-18(17)13-21(20)31-2)15-27-22(28)24(25-23(27)29)10-5-7-16-6-3-4-8-19(16)24/h3-4,6,8,12-13H,5,7,9-11,14-15H2,1-2H3,(H,25,29). The third kappa shape index (κ3) is 3.15. The molecule has 2 aromatic carbocycles. The van der Waals surface area contributed by atoms with Crippen molar-refractivity contribution in [3.63, 3.8) is 0 Å². The second-order valence-electron chi connectivity index (χ2n) is 8.50. The van der Waals surface area contributed by atoms with Gasteiger partial charge >= 0.3 is 6.03 Å². The quantitative estimate of drug-likeness (QED) is 0.769. The van der Waals surface area contributed by atoms with Crippen molar-refractivity contribution in [1.29, 1.82) is 0 Å². The SMILES string of the molecule is COc1cc2c(cc1OC)CN(CN1C(=O)NC3(CCCc4ccccc43)C1=O)CC2. The molecule has 3 aliphatic rings. The summed E-state index contributed by atoms with van der Waals surface area (Å²) < 4.78 is 10.9. The number of nitrogens with zero attached hydrogens (tertiary/aromatic N) is 2. The lowest BCUT2D eigenvalue weighted by Gasteiger charge is -2.34. The largest absolute Gasteiger partial charge is 0.493 e. The maximum atomic E-state index is 13.5. The predicted octanol–water partition coefficient (Wildman–Crippen LogP) is 2.80. The Morgan fingerprint density at radius 2 is 1.74 bits per heavy atom. The van der Waals surface area contributed by atoms with Crippen LogP contribution >= 0.6 is 0 Å². The van der Waals surface area contributed by atoms with Crippen LogP contribution in [-0.2, 0) is 29.7 Å². The summed E-state index contributed by atoms with van der Waals surface area (Å²) in [5, 5.41) is 3.04. The fraction of sp³-hybridized carbons (Fsp3) is 0.417. The zero-order valence-corrected chi connectivity index (χ0v) is 17.9. The minimum Gasteiger partial charge on any atom is -0.493 e. The van der Waals surface area contributed by atoms with Crippen molar-refractivity contribution in [2.75, 3.05) is 27.4 Å². The number of carbonyl (C=O) groups excluding carboxylic acids is 2. The molecule has 162 valence electrons. The van der Waals surface area contributed by atoms with Gasteiger partial charge in [-0.3, -0.25) is 9.69 Å². The van der Waals surface area contributed by atoms with Crippen LogP contribution in [0.2, 0.25) is 0 Å². The summed E-state index contributed by atoms with van der Waals surface area (Å²) in [7, 11) is 3.26. The highest BCUT2D eigenvalue weighted by atomic mass is 16.5. The number of carbonyl (C=O) groups is 2. The Kier molecular flexibility index (Phi) is 4.85. The number of ether oxygens (including phenoxy) is 2. The van der Waals surface area contributed by atoms with E-state index in [1.54, 1.807) is 14.2 Å². The Hall–Kier alpha value is -3.06. The van der Waals surface area contributed by atoms with Crippen molar-refractivity contribution in [3.8, 4) is 11.5 Å². The number of hydrogen-bond donors (Lipinski definition) is 1. The highest BCUT2D eigenvalue weighted by molar-refractivity contribution is 6.07. The van der Waals surface area contributed by atoms with Crippen LogP contribution in [0.4, 0.5) is 4.79 Å². The topological polar surface area (TPSA) is 71.1 Å². The maximum absolute atomic E-state index is 13.5. The number of nitrogens with one attached hydrogen (secondary N) is 1. The number of benzene rings is 2. The summed E-state index contributed by atoms with van der Waals surface area (Å²) in [4.78, 5) is 30.0. The first-order valence-electron chi connectivity index (χ1n) is 10.7. The molecule has 1 fully saturated rings. The molecule has 0 radical (unpaired) electrons. The number of fused-ring (bicyclic) bond motifs is 3. The van der Waals surface area contributed by atoms with Crippen molar-refractivity contribution >= 4 is 11.9 Å². The van der Waals surface area contributed by atoms with Gasteiger partial charge in [-0.05, 0) is 60.1 Å². The van der Waals surface area contributed by atoms with Crippen molar-refractivity contribution in [3.05, 3.63) is 58.7 Å². The Morgan fingerprint density at radius 3 is 2.52 bits per heavy atom. The van der Waals surface area contributed by atoms with Gasteiger partial charge in [0.2, 0.25) is 0 Å². The molecule has 1 unspecified atom stereocenters. The number of rotatable bonds is 4. The highest BCUT2D eigenvalue weighted by Crippen LogP contribution is 2.40. The van der Waals surface area contributed by atoms with Crippen LogP contribution in [-0.4, -0.2) is 49.2 Å². The number of urea groups is 1. The van der Waals surface area contributed by atoms with Crippen molar-refractivity contribution in [2.45, 2.75) is 37.8 Å². The average molecular weight is 421 g/mol. The van der Waals surface area contributed by atoms with E-state index in [4.69, 9.17) is 9.47 Å². The number of methoxy groups -OCH3 is 2. The van der Waals surface area contributed by atoms with E-state index in [1.807, 2.05) is 30.3 Å². The minimum absolute atomic E-state index is 0.136. The van der Waals surface area contributed by atoms with Crippen molar-refractivity contribution in [1.82, 2.24) is 15.1 Å². The lowest BCUT2D eigenvalue weighted by atomic mass is 9.76. The minimum atomic E-state index is -0.920. The average Bonchev–Trinajstić information content (AvgIpc) is 3.03. The molecule has 1 N–H and O–H groups in total. The molecule has 2 aromatic rings. The van der Waals surface area contributed by atoms with Crippen molar-refractivity contribution in [2.24, 2.45) is 0 Å². The van der Waals surface area contributed by atoms with Gasteiger partial charge in [-0.2, -0.15) is 0 Å². The molecule has 7 heteroatoms. The Labute approximate surface area is 181 Å². The zero-order chi connectivity index (χ0) is 21.6. The van der Waals surface area contributed by atoms with Crippen LogP contribution < -0.4 is 14.8 Å². The van der Waals surface area contributed by atoms with Gasteiger partial charge in [0.05, 0.1) is 20.9 Å². The second-order valence-corrected chi connectivity index (χ2v) is 8.50. The normalized spacial score (nSPS) is 22.8. The lowest BCUT2D eigenvalue weighted by Crippen LogP contribution is -2.48. The maximum Gasteiger partial charge on any atom is 0.326 e. The Bertz CT molecular complexity index is 1050. The van der Waals surface area contributed by atoms with Gasteiger partial charge in [0, 0.05) is 13.1 Å². The monoisotopic (exact) mass is 421 g/mol. The summed E-state index contributed by atoms with van der Waals surface area (Å²) in [6.07, 6.45) is 3.29. The second kappa shape index (κ2) is 7.57. The molecular weight excluding hydrogens is 394 g/mol. The molecule has 31 heavy (non-hydrogen) atoms. The van der Waals surface area contributed by atoms with Crippen LogP contribution in [0.1, 0.15) is 35.1 Å². The van der Waals surface area contributed by atoms with Gasteiger partial charge in [-0.1, -0.05) is 24.3 Å². The van der Waals surface area contributed by atoms with Crippen LogP contribution in [0.15, 0.2) is 36.4 Å². The summed E-state index contributed by atoms with van der Waals surface area (Å²) in [6.45, 7) is 1.70. The van der Waals surface area contributed by atoms with E-state index in [9.17, 15) is 9.59 Å². The summed E-state index contributed by atoms with van der Waals surface area (Å²) in [5.74, 6) is 1.28. The Morgan fingerprint density at radius 1 is 1.00 bits per heavy atom. The van der Waals surface area contributed by atoms with E-state index in [-0.39, 0.29) is 18.6 Å².